The number of carbonyl (C=O) groups excluding carboxylic acids is 2. The molecule has 1 aliphatic rings. The van der Waals surface area contributed by atoms with Gasteiger partial charge in [0.25, 0.3) is 0 Å². The maximum Gasteiger partial charge on any atom is 0.241 e. The third-order valence-electron chi connectivity index (χ3n) is 5.73. The molecular weight excluding hydrogens is 442 g/mol. The Morgan fingerprint density at radius 1 is 1.06 bits per heavy atom. The summed E-state index contributed by atoms with van der Waals surface area (Å²) in [7, 11) is -2.41. The molecule has 0 aliphatic carbocycles. The number of para-hydroxylation sites is 1. The van der Waals surface area contributed by atoms with Crippen LogP contribution in [0.5, 0.6) is 5.75 Å². The van der Waals surface area contributed by atoms with E-state index in [1.807, 2.05) is 30.3 Å². The molecule has 33 heavy (non-hydrogen) atoms. The predicted molar refractivity (Wildman–Crippen MR) is 126 cm³/mol. The van der Waals surface area contributed by atoms with Crippen LogP contribution in [0, 0.1) is 11.8 Å². The number of carbonyl (C=O) groups is 2. The van der Waals surface area contributed by atoms with Crippen molar-refractivity contribution in [2.24, 2.45) is 11.8 Å². The van der Waals surface area contributed by atoms with Crippen molar-refractivity contribution in [3.8, 4) is 5.75 Å². The van der Waals surface area contributed by atoms with Crippen molar-refractivity contribution in [2.75, 3.05) is 25.5 Å². The number of hydrogen-bond acceptors (Lipinski definition) is 5. The smallest absolute Gasteiger partial charge is 0.241 e. The molecule has 2 aromatic rings. The molecule has 2 amide bonds. The lowest BCUT2D eigenvalue weighted by Crippen LogP contribution is -2.54. The molecule has 0 saturated carbocycles. The van der Waals surface area contributed by atoms with Gasteiger partial charge in [-0.1, -0.05) is 32.0 Å². The lowest BCUT2D eigenvalue weighted by molar-refractivity contribution is -0.137. The molecule has 9 heteroatoms. The topological polar surface area (TPSA) is 105 Å². The van der Waals surface area contributed by atoms with Crippen LogP contribution < -0.4 is 14.8 Å². The van der Waals surface area contributed by atoms with Crippen LogP contribution in [0.4, 0.5) is 5.69 Å². The van der Waals surface area contributed by atoms with E-state index in [9.17, 15) is 18.0 Å². The molecule has 3 rings (SSSR count). The molecule has 2 aromatic carbocycles. The molecule has 1 saturated heterocycles. The van der Waals surface area contributed by atoms with Crippen LogP contribution in [-0.4, -0.2) is 51.4 Å². The highest BCUT2D eigenvalue weighted by Gasteiger charge is 2.35. The number of ether oxygens (including phenoxy) is 1. The number of benzene rings is 2. The van der Waals surface area contributed by atoms with Gasteiger partial charge in [-0.3, -0.25) is 9.59 Å². The summed E-state index contributed by atoms with van der Waals surface area (Å²) in [6.45, 7) is 4.33. The number of likely N-dealkylation sites (tertiary alicyclic amines) is 1. The molecule has 0 bridgehead atoms. The van der Waals surface area contributed by atoms with E-state index in [4.69, 9.17) is 4.74 Å². The molecule has 0 spiro atoms. The van der Waals surface area contributed by atoms with Gasteiger partial charge in [-0.05, 0) is 55.2 Å². The number of methoxy groups -OCH3 is 1. The molecule has 178 valence electrons. The summed E-state index contributed by atoms with van der Waals surface area (Å²) in [5.74, 6) is -0.547. The molecule has 0 aromatic heterocycles. The molecular formula is C24H31N3O5S. The van der Waals surface area contributed by atoms with Crippen molar-refractivity contribution in [2.45, 2.75) is 37.6 Å². The van der Waals surface area contributed by atoms with Gasteiger partial charge >= 0.3 is 0 Å². The summed E-state index contributed by atoms with van der Waals surface area (Å²) in [5, 5.41) is 2.89. The summed E-state index contributed by atoms with van der Waals surface area (Å²) in [6.07, 6.45) is 1.35. The minimum Gasteiger partial charge on any atom is -0.497 e. The SMILES string of the molecule is COc1ccc(S(=O)(=O)N[C@@H](C(=O)N2CCC[C@H](C(=O)Nc3ccccc3)C2)C(C)C)cc1. The number of amides is 2. The van der Waals surface area contributed by atoms with Gasteiger partial charge in [0.05, 0.1) is 17.9 Å². The van der Waals surface area contributed by atoms with Crippen molar-refractivity contribution < 1.29 is 22.7 Å². The van der Waals surface area contributed by atoms with Gasteiger partial charge in [-0.25, -0.2) is 8.42 Å². The maximum atomic E-state index is 13.3. The summed E-state index contributed by atoms with van der Waals surface area (Å²) in [5.41, 5.74) is 0.707. The number of nitrogens with zero attached hydrogens (tertiary/aromatic N) is 1. The summed E-state index contributed by atoms with van der Waals surface area (Å²) < 4.78 is 33.5. The van der Waals surface area contributed by atoms with Gasteiger partial charge in [0, 0.05) is 18.8 Å². The van der Waals surface area contributed by atoms with Crippen LogP contribution in [0.1, 0.15) is 26.7 Å². The van der Waals surface area contributed by atoms with Crippen molar-refractivity contribution in [1.29, 1.82) is 0 Å². The number of sulfonamides is 1. The van der Waals surface area contributed by atoms with Crippen LogP contribution in [-0.2, 0) is 19.6 Å². The van der Waals surface area contributed by atoms with Crippen molar-refractivity contribution in [1.82, 2.24) is 9.62 Å². The largest absolute Gasteiger partial charge is 0.497 e. The molecule has 2 atom stereocenters. The highest BCUT2D eigenvalue weighted by molar-refractivity contribution is 7.89. The van der Waals surface area contributed by atoms with Gasteiger partial charge in [-0.2, -0.15) is 4.72 Å². The van der Waals surface area contributed by atoms with Crippen molar-refractivity contribution in [3.63, 3.8) is 0 Å². The van der Waals surface area contributed by atoms with Crippen LogP contribution in [0.25, 0.3) is 0 Å². The first-order valence-corrected chi connectivity index (χ1v) is 12.5. The van der Waals surface area contributed by atoms with E-state index in [1.165, 1.54) is 19.2 Å². The second kappa shape index (κ2) is 10.8. The van der Waals surface area contributed by atoms with Crippen molar-refractivity contribution >= 4 is 27.5 Å². The summed E-state index contributed by atoms with van der Waals surface area (Å²) in [6, 6.07) is 14.2. The first-order chi connectivity index (χ1) is 15.7. The zero-order valence-corrected chi connectivity index (χ0v) is 20.0. The number of anilines is 1. The average Bonchev–Trinajstić information content (AvgIpc) is 2.82. The highest BCUT2D eigenvalue weighted by atomic mass is 32.2. The second-order valence-electron chi connectivity index (χ2n) is 8.50. The highest BCUT2D eigenvalue weighted by Crippen LogP contribution is 2.22. The minimum atomic E-state index is -3.92. The Morgan fingerprint density at radius 3 is 2.33 bits per heavy atom. The van der Waals surface area contributed by atoms with Crippen LogP contribution in [0.15, 0.2) is 59.5 Å². The first-order valence-electron chi connectivity index (χ1n) is 11.0. The second-order valence-corrected chi connectivity index (χ2v) is 10.2. The van der Waals surface area contributed by atoms with Gasteiger partial charge in [0.15, 0.2) is 0 Å². The van der Waals surface area contributed by atoms with E-state index in [0.29, 0.717) is 30.8 Å². The molecule has 1 aliphatic heterocycles. The zero-order valence-electron chi connectivity index (χ0n) is 19.2. The summed E-state index contributed by atoms with van der Waals surface area (Å²) >= 11 is 0. The Bertz CT molecular complexity index is 1060. The van der Waals surface area contributed by atoms with E-state index in [1.54, 1.807) is 30.9 Å². The van der Waals surface area contributed by atoms with E-state index in [0.717, 1.165) is 0 Å². The van der Waals surface area contributed by atoms with E-state index < -0.39 is 16.1 Å². The van der Waals surface area contributed by atoms with Crippen molar-refractivity contribution in [3.05, 3.63) is 54.6 Å². The van der Waals surface area contributed by atoms with Crippen LogP contribution in [0.2, 0.25) is 0 Å². The molecule has 0 radical (unpaired) electrons. The third-order valence-corrected chi connectivity index (χ3v) is 7.19. The average molecular weight is 474 g/mol. The standard InChI is InChI=1S/C24H31N3O5S/c1-17(2)22(26-33(30,31)21-13-11-20(32-3)12-14-21)24(29)27-15-7-8-18(16-27)23(28)25-19-9-5-4-6-10-19/h4-6,9-14,17-18,22,26H,7-8,15-16H2,1-3H3,(H,25,28)/t18-,22+/m0/s1. The van der Waals surface area contributed by atoms with E-state index in [-0.39, 0.29) is 35.1 Å². The lowest BCUT2D eigenvalue weighted by Gasteiger charge is -2.35. The van der Waals surface area contributed by atoms with Gasteiger partial charge < -0.3 is 15.0 Å². The fourth-order valence-corrected chi connectivity index (χ4v) is 5.15. The van der Waals surface area contributed by atoms with Gasteiger partial charge in [0.1, 0.15) is 11.8 Å². The monoisotopic (exact) mass is 473 g/mol. The minimum absolute atomic E-state index is 0.0560. The number of hydrogen-bond donors (Lipinski definition) is 2. The number of nitrogens with one attached hydrogen (secondary N) is 2. The Balaban J connectivity index is 1.69. The predicted octanol–water partition coefficient (Wildman–Crippen LogP) is 2.88. The Kier molecular flexibility index (Phi) is 8.10. The molecule has 0 unspecified atom stereocenters. The lowest BCUT2D eigenvalue weighted by atomic mass is 9.95. The summed E-state index contributed by atoms with van der Waals surface area (Å²) in [4.78, 5) is 27.7. The Hall–Kier alpha value is -2.91. The fraction of sp³-hybridized carbons (Fsp3) is 0.417. The van der Waals surface area contributed by atoms with Gasteiger partial charge in [0.2, 0.25) is 21.8 Å². The zero-order chi connectivity index (χ0) is 24.0. The first kappa shape index (κ1) is 24.7. The number of rotatable bonds is 8. The quantitative estimate of drug-likeness (QED) is 0.613. The molecule has 1 heterocycles. The Morgan fingerprint density at radius 2 is 1.73 bits per heavy atom. The molecule has 2 N–H and O–H groups in total. The number of piperidine rings is 1. The van der Waals surface area contributed by atoms with Gasteiger partial charge in [-0.15, -0.1) is 0 Å². The normalized spacial score (nSPS) is 17.5. The third kappa shape index (κ3) is 6.33. The van der Waals surface area contributed by atoms with Crippen LogP contribution in [0.3, 0.4) is 0 Å². The Labute approximate surface area is 195 Å². The maximum absolute atomic E-state index is 13.3. The molecule has 1 fully saturated rings. The van der Waals surface area contributed by atoms with E-state index >= 15 is 0 Å². The fourth-order valence-electron chi connectivity index (χ4n) is 3.82. The molecule has 8 nitrogen and oxygen atoms in total. The van der Waals surface area contributed by atoms with E-state index in [2.05, 4.69) is 10.0 Å². The van der Waals surface area contributed by atoms with Crippen LogP contribution >= 0.6 is 0 Å².